The van der Waals surface area contributed by atoms with Crippen molar-refractivity contribution < 1.29 is 19.4 Å². The summed E-state index contributed by atoms with van der Waals surface area (Å²) in [5.74, 6) is -0.246. The number of rotatable bonds is 3. The van der Waals surface area contributed by atoms with E-state index in [1.165, 1.54) is 0 Å². The second-order valence-corrected chi connectivity index (χ2v) is 4.49. The van der Waals surface area contributed by atoms with E-state index in [1.54, 1.807) is 6.92 Å². The predicted octanol–water partition coefficient (Wildman–Crippen LogP) is 0.871. The van der Waals surface area contributed by atoms with Crippen LogP contribution in [0.15, 0.2) is 0 Å². The summed E-state index contributed by atoms with van der Waals surface area (Å²) in [6.07, 6.45) is 2.99. The van der Waals surface area contributed by atoms with Crippen LogP contribution in [0, 0.1) is 5.41 Å². The molecule has 15 heavy (non-hydrogen) atoms. The van der Waals surface area contributed by atoms with E-state index in [1.807, 2.05) is 0 Å². The molecular weight excluding hydrogens is 196 g/mol. The molecule has 2 rings (SSSR count). The van der Waals surface area contributed by atoms with Crippen molar-refractivity contribution in [2.75, 3.05) is 19.8 Å². The molecule has 1 unspecified atom stereocenters. The number of esters is 1. The van der Waals surface area contributed by atoms with Crippen LogP contribution in [0.25, 0.3) is 0 Å². The Bertz CT molecular complexity index is 251. The van der Waals surface area contributed by atoms with Crippen LogP contribution in [0.5, 0.6) is 0 Å². The van der Waals surface area contributed by atoms with Gasteiger partial charge in [-0.15, -0.1) is 0 Å². The van der Waals surface area contributed by atoms with Gasteiger partial charge in [-0.25, -0.2) is 0 Å². The number of carbonyl (C=O) groups is 1. The first-order chi connectivity index (χ1) is 7.15. The minimum absolute atomic E-state index is 0.246. The van der Waals surface area contributed by atoms with E-state index in [0.29, 0.717) is 19.6 Å². The van der Waals surface area contributed by atoms with Crippen LogP contribution in [-0.4, -0.2) is 36.5 Å². The fourth-order valence-electron chi connectivity index (χ4n) is 2.59. The van der Waals surface area contributed by atoms with Crippen LogP contribution in [0.1, 0.15) is 32.6 Å². The Balaban J connectivity index is 2.17. The first-order valence-electron chi connectivity index (χ1n) is 5.62. The van der Waals surface area contributed by atoms with Gasteiger partial charge in [-0.1, -0.05) is 6.42 Å². The molecule has 2 fully saturated rings. The summed E-state index contributed by atoms with van der Waals surface area (Å²) < 4.78 is 10.3. The van der Waals surface area contributed by atoms with E-state index in [0.717, 1.165) is 19.3 Å². The molecule has 86 valence electrons. The third-order valence-corrected chi connectivity index (χ3v) is 3.76. The summed E-state index contributed by atoms with van der Waals surface area (Å²) in [6.45, 7) is 2.97. The fourth-order valence-corrected chi connectivity index (χ4v) is 2.59. The molecule has 0 radical (unpaired) electrons. The topological polar surface area (TPSA) is 55.8 Å². The van der Waals surface area contributed by atoms with Crippen molar-refractivity contribution in [3.8, 4) is 0 Å². The Kier molecular flexibility index (Phi) is 2.73. The van der Waals surface area contributed by atoms with E-state index in [4.69, 9.17) is 9.47 Å². The van der Waals surface area contributed by atoms with Crippen LogP contribution in [0.2, 0.25) is 0 Å². The maximum Gasteiger partial charge on any atom is 0.315 e. The molecule has 0 aromatic carbocycles. The van der Waals surface area contributed by atoms with Crippen LogP contribution in [-0.2, 0) is 14.3 Å². The lowest BCUT2D eigenvalue weighted by atomic mass is 9.58. The third kappa shape index (κ3) is 1.47. The summed E-state index contributed by atoms with van der Waals surface area (Å²) in [4.78, 5) is 11.9. The van der Waals surface area contributed by atoms with Crippen molar-refractivity contribution in [1.82, 2.24) is 0 Å². The van der Waals surface area contributed by atoms with Crippen molar-refractivity contribution in [2.45, 2.75) is 38.2 Å². The summed E-state index contributed by atoms with van der Waals surface area (Å²) in [5, 5.41) is 10.4. The molecule has 4 heteroatoms. The first-order valence-corrected chi connectivity index (χ1v) is 5.62. The average Bonchev–Trinajstić information content (AvgIpc) is 2.51. The van der Waals surface area contributed by atoms with Gasteiger partial charge >= 0.3 is 5.97 Å². The van der Waals surface area contributed by atoms with Gasteiger partial charge < -0.3 is 14.6 Å². The van der Waals surface area contributed by atoms with Crippen molar-refractivity contribution in [1.29, 1.82) is 0 Å². The zero-order chi connectivity index (χ0) is 10.9. The molecular formula is C11H18O4. The zero-order valence-corrected chi connectivity index (χ0v) is 9.12. The number of hydrogen-bond acceptors (Lipinski definition) is 4. The first kappa shape index (κ1) is 10.9. The van der Waals surface area contributed by atoms with Crippen molar-refractivity contribution in [3.63, 3.8) is 0 Å². The van der Waals surface area contributed by atoms with Gasteiger partial charge in [0.15, 0.2) is 0 Å². The quantitative estimate of drug-likeness (QED) is 0.708. The van der Waals surface area contributed by atoms with Crippen LogP contribution < -0.4 is 0 Å². The van der Waals surface area contributed by atoms with Gasteiger partial charge in [0.25, 0.3) is 0 Å². The number of carbonyl (C=O) groups excluding carboxylic acids is 1. The number of hydrogen-bond donors (Lipinski definition) is 1. The highest BCUT2D eigenvalue weighted by atomic mass is 16.5. The maximum absolute atomic E-state index is 11.9. The van der Waals surface area contributed by atoms with Gasteiger partial charge in [0.1, 0.15) is 5.60 Å². The molecule has 0 bridgehead atoms. The molecule has 0 spiro atoms. The molecule has 1 aliphatic heterocycles. The molecule has 1 saturated carbocycles. The number of aliphatic hydroxyl groups is 1. The van der Waals surface area contributed by atoms with Crippen molar-refractivity contribution in [3.05, 3.63) is 0 Å². The zero-order valence-electron chi connectivity index (χ0n) is 9.12. The Morgan fingerprint density at radius 3 is 2.60 bits per heavy atom. The Morgan fingerprint density at radius 2 is 2.20 bits per heavy atom. The van der Waals surface area contributed by atoms with Gasteiger partial charge in [0, 0.05) is 13.0 Å². The van der Waals surface area contributed by atoms with Gasteiger partial charge in [-0.2, -0.15) is 0 Å². The lowest BCUT2D eigenvalue weighted by Crippen LogP contribution is -2.58. The van der Waals surface area contributed by atoms with Gasteiger partial charge in [0.05, 0.1) is 18.6 Å². The Labute approximate surface area is 89.6 Å². The second-order valence-electron chi connectivity index (χ2n) is 4.49. The standard InChI is InChI=1S/C11H18O4/c1-2-15-9(12)10(4-3-5-10)11(13)6-7-14-8-11/h13H,2-8H2,1H3. The van der Waals surface area contributed by atoms with Crippen LogP contribution in [0.3, 0.4) is 0 Å². The van der Waals surface area contributed by atoms with E-state index >= 15 is 0 Å². The van der Waals surface area contributed by atoms with Crippen molar-refractivity contribution in [2.24, 2.45) is 5.41 Å². The summed E-state index contributed by atoms with van der Waals surface area (Å²) >= 11 is 0. The SMILES string of the molecule is CCOC(=O)C1(C2(O)CCOC2)CCC1. The molecule has 1 saturated heterocycles. The molecule has 0 aromatic rings. The normalized spacial score (nSPS) is 33.5. The lowest BCUT2D eigenvalue weighted by Gasteiger charge is -2.48. The number of ether oxygens (including phenoxy) is 2. The highest BCUT2D eigenvalue weighted by Crippen LogP contribution is 2.53. The van der Waals surface area contributed by atoms with Gasteiger partial charge in [-0.05, 0) is 19.8 Å². The van der Waals surface area contributed by atoms with Crippen LogP contribution in [0.4, 0.5) is 0 Å². The van der Waals surface area contributed by atoms with Crippen LogP contribution >= 0.6 is 0 Å². The van der Waals surface area contributed by atoms with E-state index in [2.05, 4.69) is 0 Å². The fraction of sp³-hybridized carbons (Fsp3) is 0.909. The van der Waals surface area contributed by atoms with E-state index in [-0.39, 0.29) is 12.6 Å². The maximum atomic E-state index is 11.9. The molecule has 1 N–H and O–H groups in total. The lowest BCUT2D eigenvalue weighted by molar-refractivity contribution is -0.189. The average molecular weight is 214 g/mol. The largest absolute Gasteiger partial charge is 0.465 e. The smallest absolute Gasteiger partial charge is 0.315 e. The van der Waals surface area contributed by atoms with Crippen molar-refractivity contribution >= 4 is 5.97 Å². The van der Waals surface area contributed by atoms with Gasteiger partial charge in [0.2, 0.25) is 0 Å². The molecule has 4 nitrogen and oxygen atoms in total. The molecule has 2 aliphatic rings. The molecule has 0 aromatic heterocycles. The Hall–Kier alpha value is -0.610. The van der Waals surface area contributed by atoms with E-state index in [9.17, 15) is 9.90 Å². The molecule has 1 heterocycles. The second kappa shape index (κ2) is 3.76. The minimum atomic E-state index is -0.989. The third-order valence-electron chi connectivity index (χ3n) is 3.76. The van der Waals surface area contributed by atoms with E-state index < -0.39 is 11.0 Å². The predicted molar refractivity (Wildman–Crippen MR) is 53.3 cm³/mol. The minimum Gasteiger partial charge on any atom is -0.465 e. The summed E-state index contributed by atoms with van der Waals surface area (Å²) in [5.41, 5.74) is -1.67. The molecule has 1 aliphatic carbocycles. The molecule has 0 amide bonds. The molecule has 1 atom stereocenters. The summed E-state index contributed by atoms with van der Waals surface area (Å²) in [7, 11) is 0. The highest BCUT2D eigenvalue weighted by molar-refractivity contribution is 5.79. The summed E-state index contributed by atoms with van der Waals surface area (Å²) in [6, 6.07) is 0. The van der Waals surface area contributed by atoms with Gasteiger partial charge in [-0.3, -0.25) is 4.79 Å². The Morgan fingerprint density at radius 1 is 1.47 bits per heavy atom. The highest BCUT2D eigenvalue weighted by Gasteiger charge is 2.61. The monoisotopic (exact) mass is 214 g/mol.